The fourth-order valence-corrected chi connectivity index (χ4v) is 6.63. The van der Waals surface area contributed by atoms with Gasteiger partial charge in [-0.3, -0.25) is 9.69 Å². The number of halogens is 2. The van der Waals surface area contributed by atoms with E-state index in [0.29, 0.717) is 18.5 Å². The molecule has 2 aliphatic rings. The van der Waals surface area contributed by atoms with Gasteiger partial charge in [0.2, 0.25) is 5.92 Å². The Labute approximate surface area is 227 Å². The lowest BCUT2D eigenvalue weighted by Gasteiger charge is -2.54. The molecular weight excluding hydrogens is 496 g/mol. The van der Waals surface area contributed by atoms with Gasteiger partial charge in [0.15, 0.2) is 0 Å². The normalized spacial score (nSPS) is 20.1. The molecule has 5 nitrogen and oxygen atoms in total. The Bertz CT molecular complexity index is 1490. The van der Waals surface area contributed by atoms with Crippen molar-refractivity contribution in [2.75, 3.05) is 19.0 Å². The fourth-order valence-electron chi connectivity index (χ4n) is 6.63. The molecule has 1 aliphatic carbocycles. The molecule has 0 radical (unpaired) electrons. The Morgan fingerprint density at radius 1 is 1.10 bits per heavy atom. The standard InChI is InChI=1S/C32H33F2N3O2/c1-21-16-28(39-2)26(25-12-14-35-29(21)25)18-37-15-13-31(19-32(33,34)20-31)17-27(37)22-8-10-23(11-9-22)30(38)36-24-6-4-3-5-7-24/h3-12,14,16,27,35H,13,15,17-20H2,1-2H3,(H,36,38). The van der Waals surface area contributed by atoms with E-state index in [4.69, 9.17) is 4.74 Å². The van der Waals surface area contributed by atoms with Crippen molar-refractivity contribution in [1.82, 2.24) is 9.88 Å². The number of amides is 1. The van der Waals surface area contributed by atoms with Crippen LogP contribution in [0.5, 0.6) is 5.75 Å². The molecule has 7 heteroatoms. The molecule has 1 aliphatic heterocycles. The van der Waals surface area contributed by atoms with Gasteiger partial charge in [-0.05, 0) is 79.3 Å². The summed E-state index contributed by atoms with van der Waals surface area (Å²) in [5, 5.41) is 4.04. The zero-order valence-electron chi connectivity index (χ0n) is 22.3. The lowest BCUT2D eigenvalue weighted by Crippen LogP contribution is -2.53. The molecule has 1 spiro atoms. The fraction of sp³-hybridized carbons (Fsp3) is 0.344. The Kier molecular flexibility index (Phi) is 6.42. The average Bonchev–Trinajstić information content (AvgIpc) is 3.41. The number of anilines is 1. The number of carbonyl (C=O) groups excluding carboxylic acids is 1. The molecule has 4 aromatic rings. The number of aromatic amines is 1. The third kappa shape index (κ3) is 4.91. The van der Waals surface area contributed by atoms with Crippen LogP contribution in [0, 0.1) is 12.3 Å². The van der Waals surface area contributed by atoms with Crippen LogP contribution in [0.3, 0.4) is 0 Å². The van der Waals surface area contributed by atoms with E-state index in [-0.39, 0.29) is 30.2 Å². The molecule has 1 saturated heterocycles. The maximum atomic E-state index is 14.1. The molecule has 39 heavy (non-hydrogen) atoms. The van der Waals surface area contributed by atoms with Crippen LogP contribution in [0.2, 0.25) is 0 Å². The van der Waals surface area contributed by atoms with Gasteiger partial charge in [-0.25, -0.2) is 8.78 Å². The van der Waals surface area contributed by atoms with E-state index in [1.54, 1.807) is 7.11 Å². The van der Waals surface area contributed by atoms with E-state index >= 15 is 0 Å². The first-order valence-electron chi connectivity index (χ1n) is 13.5. The number of nitrogens with zero attached hydrogens (tertiary/aromatic N) is 1. The molecule has 1 atom stereocenters. The van der Waals surface area contributed by atoms with Gasteiger partial charge in [0, 0.05) is 59.3 Å². The Balaban J connectivity index is 1.29. The number of para-hydroxylation sites is 1. The summed E-state index contributed by atoms with van der Waals surface area (Å²) in [5.41, 5.74) is 5.30. The van der Waals surface area contributed by atoms with Gasteiger partial charge in [0.1, 0.15) is 5.75 Å². The zero-order chi connectivity index (χ0) is 27.2. The summed E-state index contributed by atoms with van der Waals surface area (Å²) in [4.78, 5) is 18.5. The minimum Gasteiger partial charge on any atom is -0.496 e. The first-order valence-corrected chi connectivity index (χ1v) is 13.5. The highest BCUT2D eigenvalue weighted by Gasteiger charge is 2.58. The molecule has 1 amide bonds. The number of fused-ring (bicyclic) bond motifs is 1. The largest absolute Gasteiger partial charge is 0.496 e. The number of methoxy groups -OCH3 is 1. The van der Waals surface area contributed by atoms with Crippen LogP contribution >= 0.6 is 0 Å². The number of alkyl halides is 2. The second kappa shape index (κ2) is 9.79. The number of H-pyrrole nitrogens is 1. The lowest BCUT2D eigenvalue weighted by atomic mass is 9.59. The van der Waals surface area contributed by atoms with Crippen molar-refractivity contribution in [2.24, 2.45) is 5.41 Å². The summed E-state index contributed by atoms with van der Waals surface area (Å²) in [7, 11) is 1.69. The third-order valence-corrected chi connectivity index (χ3v) is 8.55. The third-order valence-electron chi connectivity index (χ3n) is 8.55. The molecule has 1 unspecified atom stereocenters. The summed E-state index contributed by atoms with van der Waals surface area (Å²) >= 11 is 0. The summed E-state index contributed by atoms with van der Waals surface area (Å²) in [6.07, 6.45) is 3.28. The first kappa shape index (κ1) is 25.6. The van der Waals surface area contributed by atoms with Gasteiger partial charge in [-0.15, -0.1) is 0 Å². The minimum absolute atomic E-state index is 0.0407. The molecule has 1 aromatic heterocycles. The van der Waals surface area contributed by atoms with Crippen LogP contribution in [0.15, 0.2) is 72.9 Å². The number of rotatable bonds is 6. The maximum Gasteiger partial charge on any atom is 0.255 e. The van der Waals surface area contributed by atoms with Crippen molar-refractivity contribution >= 4 is 22.5 Å². The SMILES string of the molecule is COc1cc(C)c2[nH]ccc2c1CN1CCC2(CC1c1ccc(C(=O)Nc3ccccc3)cc1)CC(F)(F)C2. The molecule has 6 rings (SSSR count). The van der Waals surface area contributed by atoms with Crippen molar-refractivity contribution in [3.8, 4) is 5.75 Å². The molecule has 2 heterocycles. The highest BCUT2D eigenvalue weighted by Crippen LogP contribution is 2.60. The number of aryl methyl sites for hydroxylation is 1. The Hall–Kier alpha value is -3.71. The molecule has 2 N–H and O–H groups in total. The maximum absolute atomic E-state index is 14.1. The van der Waals surface area contributed by atoms with Gasteiger partial charge >= 0.3 is 0 Å². The molecule has 2 fully saturated rings. The second-order valence-electron chi connectivity index (χ2n) is 11.2. The molecule has 1 saturated carbocycles. The minimum atomic E-state index is -2.57. The number of carbonyl (C=O) groups is 1. The number of hydrogen-bond acceptors (Lipinski definition) is 3. The van der Waals surface area contributed by atoms with Crippen molar-refractivity contribution in [2.45, 2.75) is 51.1 Å². The number of likely N-dealkylation sites (tertiary alicyclic amines) is 1. The van der Waals surface area contributed by atoms with Crippen LogP contribution in [0.1, 0.15) is 58.8 Å². The smallest absolute Gasteiger partial charge is 0.255 e. The Morgan fingerprint density at radius 3 is 2.54 bits per heavy atom. The second-order valence-corrected chi connectivity index (χ2v) is 11.2. The molecular formula is C32H33F2N3O2. The predicted molar refractivity (Wildman–Crippen MR) is 149 cm³/mol. The first-order chi connectivity index (χ1) is 18.8. The van der Waals surface area contributed by atoms with Crippen LogP contribution in [0.25, 0.3) is 10.9 Å². The van der Waals surface area contributed by atoms with Gasteiger partial charge < -0.3 is 15.0 Å². The van der Waals surface area contributed by atoms with Crippen LogP contribution in [0.4, 0.5) is 14.5 Å². The summed E-state index contributed by atoms with van der Waals surface area (Å²) in [5.74, 6) is -1.91. The van der Waals surface area contributed by atoms with Gasteiger partial charge in [-0.2, -0.15) is 0 Å². The van der Waals surface area contributed by atoms with Crippen LogP contribution in [-0.4, -0.2) is 35.4 Å². The van der Waals surface area contributed by atoms with Crippen LogP contribution in [-0.2, 0) is 6.54 Å². The number of benzene rings is 3. The summed E-state index contributed by atoms with van der Waals surface area (Å²) in [6.45, 7) is 3.43. The highest BCUT2D eigenvalue weighted by atomic mass is 19.3. The van der Waals surface area contributed by atoms with Crippen molar-refractivity contribution in [3.63, 3.8) is 0 Å². The average molecular weight is 530 g/mol. The molecule has 3 aromatic carbocycles. The van der Waals surface area contributed by atoms with Gasteiger partial charge in [0.25, 0.3) is 5.91 Å². The van der Waals surface area contributed by atoms with E-state index in [0.717, 1.165) is 52.0 Å². The molecule has 202 valence electrons. The number of nitrogens with one attached hydrogen (secondary N) is 2. The summed E-state index contributed by atoms with van der Waals surface area (Å²) in [6, 6.07) is 21.1. The van der Waals surface area contributed by atoms with E-state index in [9.17, 15) is 13.6 Å². The van der Waals surface area contributed by atoms with Crippen molar-refractivity contribution < 1.29 is 18.3 Å². The van der Waals surface area contributed by atoms with E-state index in [1.165, 1.54) is 0 Å². The van der Waals surface area contributed by atoms with Gasteiger partial charge in [-0.1, -0.05) is 30.3 Å². The highest BCUT2D eigenvalue weighted by molar-refractivity contribution is 6.04. The number of piperidine rings is 1. The Morgan fingerprint density at radius 2 is 1.85 bits per heavy atom. The van der Waals surface area contributed by atoms with Crippen molar-refractivity contribution in [3.05, 3.63) is 95.2 Å². The van der Waals surface area contributed by atoms with Crippen LogP contribution < -0.4 is 10.1 Å². The monoisotopic (exact) mass is 529 g/mol. The van der Waals surface area contributed by atoms with E-state index < -0.39 is 5.92 Å². The van der Waals surface area contributed by atoms with Crippen molar-refractivity contribution in [1.29, 1.82) is 0 Å². The number of ether oxygens (including phenoxy) is 1. The predicted octanol–water partition coefficient (Wildman–Crippen LogP) is 7.49. The number of aromatic nitrogens is 1. The molecule has 0 bridgehead atoms. The number of hydrogen-bond donors (Lipinski definition) is 2. The van der Waals surface area contributed by atoms with E-state index in [2.05, 4.69) is 34.3 Å². The topological polar surface area (TPSA) is 57.4 Å². The van der Waals surface area contributed by atoms with E-state index in [1.807, 2.05) is 60.8 Å². The lowest BCUT2D eigenvalue weighted by molar-refractivity contribution is -0.186. The van der Waals surface area contributed by atoms with Gasteiger partial charge in [0.05, 0.1) is 7.11 Å². The zero-order valence-corrected chi connectivity index (χ0v) is 22.3. The quantitative estimate of drug-likeness (QED) is 0.272. The summed E-state index contributed by atoms with van der Waals surface area (Å²) < 4.78 is 33.9.